The first-order chi connectivity index (χ1) is 10.2. The summed E-state index contributed by atoms with van der Waals surface area (Å²) < 4.78 is 5.18. The molecule has 0 aliphatic carbocycles. The van der Waals surface area contributed by atoms with E-state index in [1.165, 1.54) is 0 Å². The van der Waals surface area contributed by atoms with E-state index in [-0.39, 0.29) is 5.91 Å². The highest BCUT2D eigenvalue weighted by molar-refractivity contribution is 6.06. The number of amides is 1. The van der Waals surface area contributed by atoms with Crippen molar-refractivity contribution in [3.05, 3.63) is 47.9 Å². The largest absolute Gasteiger partial charge is 0.497 e. The van der Waals surface area contributed by atoms with Crippen LogP contribution in [0.1, 0.15) is 16.1 Å². The zero-order valence-corrected chi connectivity index (χ0v) is 11.7. The lowest BCUT2D eigenvalue weighted by atomic mass is 10.1. The van der Waals surface area contributed by atoms with Gasteiger partial charge in [-0.25, -0.2) is 0 Å². The number of hydrogen-bond acceptors (Lipinski definition) is 4. The van der Waals surface area contributed by atoms with Gasteiger partial charge in [0.15, 0.2) is 0 Å². The van der Waals surface area contributed by atoms with Gasteiger partial charge in [0.1, 0.15) is 5.75 Å². The summed E-state index contributed by atoms with van der Waals surface area (Å²) in [5.74, 6) is 0.532. The van der Waals surface area contributed by atoms with Crippen molar-refractivity contribution in [2.24, 2.45) is 0 Å². The third-order valence-electron chi connectivity index (χ3n) is 3.22. The molecule has 0 aliphatic rings. The van der Waals surface area contributed by atoms with Crippen molar-refractivity contribution in [1.29, 1.82) is 0 Å². The van der Waals surface area contributed by atoms with E-state index < -0.39 is 0 Å². The molecule has 2 N–H and O–H groups in total. The Morgan fingerprint density at radius 1 is 1.33 bits per heavy atom. The van der Waals surface area contributed by atoms with Gasteiger partial charge >= 0.3 is 0 Å². The molecule has 2 heterocycles. The van der Waals surface area contributed by atoms with E-state index in [4.69, 9.17) is 4.74 Å². The molecule has 0 saturated heterocycles. The molecule has 1 aromatic carbocycles. The molecule has 1 amide bonds. The Bertz CT molecular complexity index is 797. The number of ether oxygens (including phenoxy) is 1. The van der Waals surface area contributed by atoms with Crippen molar-refractivity contribution in [2.75, 3.05) is 12.4 Å². The molecule has 3 aromatic rings. The lowest BCUT2D eigenvalue weighted by molar-refractivity contribution is 0.102. The van der Waals surface area contributed by atoms with Crippen LogP contribution in [0.25, 0.3) is 10.9 Å². The van der Waals surface area contributed by atoms with Crippen molar-refractivity contribution in [3.63, 3.8) is 0 Å². The first-order valence-corrected chi connectivity index (χ1v) is 6.43. The second-order valence-electron chi connectivity index (χ2n) is 4.62. The monoisotopic (exact) mass is 282 g/mol. The van der Waals surface area contributed by atoms with Crippen LogP contribution >= 0.6 is 0 Å². The molecule has 0 aliphatic heterocycles. The van der Waals surface area contributed by atoms with Gasteiger partial charge in [-0.1, -0.05) is 0 Å². The van der Waals surface area contributed by atoms with Crippen molar-refractivity contribution >= 4 is 22.5 Å². The third-order valence-corrected chi connectivity index (χ3v) is 3.22. The molecule has 0 fully saturated rings. The Hall–Kier alpha value is -2.89. The summed E-state index contributed by atoms with van der Waals surface area (Å²) in [7, 11) is 1.61. The molecule has 106 valence electrons. The van der Waals surface area contributed by atoms with Crippen LogP contribution < -0.4 is 10.1 Å². The zero-order valence-electron chi connectivity index (χ0n) is 11.7. The molecule has 2 aromatic heterocycles. The number of aromatic nitrogens is 3. The average molecular weight is 282 g/mol. The van der Waals surface area contributed by atoms with Crippen molar-refractivity contribution in [2.45, 2.75) is 6.92 Å². The van der Waals surface area contributed by atoms with Crippen molar-refractivity contribution < 1.29 is 9.53 Å². The minimum atomic E-state index is -0.209. The van der Waals surface area contributed by atoms with Gasteiger partial charge in [-0.05, 0) is 25.1 Å². The lowest BCUT2D eigenvalue weighted by Crippen LogP contribution is -2.13. The van der Waals surface area contributed by atoms with Crippen LogP contribution in [0.5, 0.6) is 5.75 Å². The van der Waals surface area contributed by atoms with E-state index in [1.54, 1.807) is 19.5 Å². The number of carbonyl (C=O) groups excluding carboxylic acids is 1. The SMILES string of the molecule is COc1ccc2cc(C(=O)Nc3cn[nH]c3)c(C)nc2c1. The predicted molar refractivity (Wildman–Crippen MR) is 79.6 cm³/mol. The number of aromatic amines is 1. The number of hydrogen-bond donors (Lipinski definition) is 2. The zero-order chi connectivity index (χ0) is 14.8. The predicted octanol–water partition coefficient (Wildman–Crippen LogP) is 2.53. The average Bonchev–Trinajstić information content (AvgIpc) is 2.98. The molecule has 3 rings (SSSR count). The molecule has 0 saturated carbocycles. The number of nitrogens with one attached hydrogen (secondary N) is 2. The molecule has 0 spiro atoms. The number of benzene rings is 1. The molecule has 6 heteroatoms. The van der Waals surface area contributed by atoms with E-state index in [2.05, 4.69) is 20.5 Å². The Morgan fingerprint density at radius 3 is 2.90 bits per heavy atom. The smallest absolute Gasteiger partial charge is 0.257 e. The van der Waals surface area contributed by atoms with E-state index in [9.17, 15) is 4.79 Å². The normalized spacial score (nSPS) is 10.6. The highest BCUT2D eigenvalue weighted by Crippen LogP contribution is 2.22. The topological polar surface area (TPSA) is 79.9 Å². The van der Waals surface area contributed by atoms with Gasteiger partial charge in [0, 0.05) is 17.6 Å². The van der Waals surface area contributed by atoms with Crippen LogP contribution in [-0.2, 0) is 0 Å². The van der Waals surface area contributed by atoms with Crippen LogP contribution in [-0.4, -0.2) is 28.2 Å². The summed E-state index contributed by atoms with van der Waals surface area (Å²) in [6.07, 6.45) is 3.17. The Labute approximate surface area is 121 Å². The van der Waals surface area contributed by atoms with E-state index in [0.717, 1.165) is 16.7 Å². The number of aryl methyl sites for hydroxylation is 1. The van der Waals surface area contributed by atoms with E-state index in [1.807, 2.05) is 31.2 Å². The number of methoxy groups -OCH3 is 1. The highest BCUT2D eigenvalue weighted by atomic mass is 16.5. The van der Waals surface area contributed by atoms with Gasteiger partial charge in [-0.2, -0.15) is 5.10 Å². The van der Waals surface area contributed by atoms with Crippen LogP contribution in [0.15, 0.2) is 36.7 Å². The number of H-pyrrole nitrogens is 1. The Kier molecular flexibility index (Phi) is 3.27. The highest BCUT2D eigenvalue weighted by Gasteiger charge is 2.12. The number of anilines is 1. The minimum absolute atomic E-state index is 0.209. The maximum Gasteiger partial charge on any atom is 0.257 e. The Balaban J connectivity index is 1.98. The molecule has 21 heavy (non-hydrogen) atoms. The van der Waals surface area contributed by atoms with Gasteiger partial charge in [0.2, 0.25) is 0 Å². The van der Waals surface area contributed by atoms with Gasteiger partial charge in [0.25, 0.3) is 5.91 Å². The standard InChI is InChI=1S/C15H14N4O2/c1-9-13(15(20)19-11-7-16-17-8-11)5-10-3-4-12(21-2)6-14(10)18-9/h3-8H,1-2H3,(H,16,17)(H,19,20). The lowest BCUT2D eigenvalue weighted by Gasteiger charge is -2.08. The third kappa shape index (κ3) is 2.55. The van der Waals surface area contributed by atoms with Gasteiger partial charge in [-0.3, -0.25) is 14.9 Å². The first-order valence-electron chi connectivity index (χ1n) is 6.43. The van der Waals surface area contributed by atoms with Gasteiger partial charge < -0.3 is 10.1 Å². The van der Waals surface area contributed by atoms with Gasteiger partial charge in [0.05, 0.1) is 35.8 Å². The molecule has 0 unspecified atom stereocenters. The van der Waals surface area contributed by atoms with E-state index in [0.29, 0.717) is 16.9 Å². The summed E-state index contributed by atoms with van der Waals surface area (Å²) in [5, 5.41) is 10.1. The minimum Gasteiger partial charge on any atom is -0.497 e. The second-order valence-corrected chi connectivity index (χ2v) is 4.62. The fourth-order valence-electron chi connectivity index (χ4n) is 2.12. The number of carbonyl (C=O) groups is 1. The van der Waals surface area contributed by atoms with Crippen LogP contribution in [0.3, 0.4) is 0 Å². The van der Waals surface area contributed by atoms with Crippen LogP contribution in [0.4, 0.5) is 5.69 Å². The molecular formula is C15H14N4O2. The summed E-state index contributed by atoms with van der Waals surface area (Å²) >= 11 is 0. The van der Waals surface area contributed by atoms with Gasteiger partial charge in [-0.15, -0.1) is 0 Å². The molecule has 0 bridgehead atoms. The maximum atomic E-state index is 12.3. The summed E-state index contributed by atoms with van der Waals surface area (Å²) in [5.41, 5.74) is 2.62. The summed E-state index contributed by atoms with van der Waals surface area (Å²) in [6, 6.07) is 7.40. The van der Waals surface area contributed by atoms with Crippen molar-refractivity contribution in [3.8, 4) is 5.75 Å². The maximum absolute atomic E-state index is 12.3. The van der Waals surface area contributed by atoms with Crippen LogP contribution in [0.2, 0.25) is 0 Å². The first kappa shape index (κ1) is 13.1. The number of pyridine rings is 1. The summed E-state index contributed by atoms with van der Waals surface area (Å²) in [6.45, 7) is 1.81. The molecular weight excluding hydrogens is 268 g/mol. The Morgan fingerprint density at radius 2 is 2.19 bits per heavy atom. The molecule has 0 radical (unpaired) electrons. The molecule has 0 atom stereocenters. The molecule has 6 nitrogen and oxygen atoms in total. The quantitative estimate of drug-likeness (QED) is 0.773. The fourth-order valence-corrected chi connectivity index (χ4v) is 2.12. The summed E-state index contributed by atoms with van der Waals surface area (Å²) in [4.78, 5) is 16.8. The number of fused-ring (bicyclic) bond motifs is 1. The van der Waals surface area contributed by atoms with E-state index >= 15 is 0 Å². The van der Waals surface area contributed by atoms with Crippen LogP contribution in [0, 0.1) is 6.92 Å². The second kappa shape index (κ2) is 5.24. The number of rotatable bonds is 3. The fraction of sp³-hybridized carbons (Fsp3) is 0.133. The van der Waals surface area contributed by atoms with Crippen molar-refractivity contribution in [1.82, 2.24) is 15.2 Å². The number of nitrogens with zero attached hydrogens (tertiary/aromatic N) is 2.